The lowest BCUT2D eigenvalue weighted by Gasteiger charge is -2.05. The number of aromatic amines is 1. The number of hydrogen-bond acceptors (Lipinski definition) is 3. The molecular weight excluding hydrogens is 262 g/mol. The molecule has 0 saturated carbocycles. The minimum atomic E-state index is 0.738. The average Bonchev–Trinajstić information content (AvgIpc) is 3.12. The minimum absolute atomic E-state index is 0.738. The van der Waals surface area contributed by atoms with Crippen LogP contribution in [0.25, 0.3) is 11.0 Å². The fourth-order valence-electron chi connectivity index (χ4n) is 2.76. The molecule has 3 aromatic rings. The normalized spacial score (nSPS) is 13.3. The van der Waals surface area contributed by atoms with Gasteiger partial charge in [-0.3, -0.25) is 0 Å². The minimum Gasteiger partial charge on any atom is -0.493 e. The molecule has 4 heteroatoms. The van der Waals surface area contributed by atoms with E-state index in [2.05, 4.69) is 33.5 Å². The fourth-order valence-corrected chi connectivity index (χ4v) is 2.76. The van der Waals surface area contributed by atoms with E-state index >= 15 is 0 Å². The molecule has 1 aliphatic rings. The Bertz CT molecular complexity index is 746. The molecule has 0 amide bonds. The van der Waals surface area contributed by atoms with Crippen LogP contribution >= 0.6 is 0 Å². The molecule has 4 rings (SSSR count). The van der Waals surface area contributed by atoms with Gasteiger partial charge in [0.25, 0.3) is 0 Å². The third-order valence-electron chi connectivity index (χ3n) is 3.81. The van der Waals surface area contributed by atoms with Crippen LogP contribution < -0.4 is 10.1 Å². The van der Waals surface area contributed by atoms with Crippen LogP contribution in [0.5, 0.6) is 5.75 Å². The predicted molar refractivity (Wildman–Crippen MR) is 82.3 cm³/mol. The van der Waals surface area contributed by atoms with Gasteiger partial charge in [0.15, 0.2) is 0 Å². The van der Waals surface area contributed by atoms with Gasteiger partial charge in [-0.25, -0.2) is 4.98 Å². The Morgan fingerprint density at radius 2 is 2.10 bits per heavy atom. The molecule has 2 N–H and O–H groups in total. The van der Waals surface area contributed by atoms with Crippen molar-refractivity contribution < 1.29 is 4.74 Å². The third kappa shape index (κ3) is 2.50. The van der Waals surface area contributed by atoms with Crippen LogP contribution in [0.3, 0.4) is 0 Å². The van der Waals surface area contributed by atoms with Crippen LogP contribution in [0.1, 0.15) is 17.0 Å². The number of imidazole rings is 1. The molecule has 0 atom stereocenters. The number of nitrogens with one attached hydrogen (secondary N) is 2. The SMILES string of the molecule is c1ccc2[nH]c(CNCc3ccc4c(c3)CCO4)nc2c1. The Kier molecular flexibility index (Phi) is 3.09. The Morgan fingerprint density at radius 1 is 1.14 bits per heavy atom. The first-order valence-corrected chi connectivity index (χ1v) is 7.27. The standard InChI is InChI=1S/C17H17N3O/c1-2-4-15-14(3-1)19-17(20-15)11-18-10-12-5-6-16-13(9-12)7-8-21-16/h1-6,9,18H,7-8,10-11H2,(H,19,20). The van der Waals surface area contributed by atoms with E-state index in [1.165, 1.54) is 11.1 Å². The molecule has 0 bridgehead atoms. The number of aromatic nitrogens is 2. The van der Waals surface area contributed by atoms with Crippen LogP contribution in [0.15, 0.2) is 42.5 Å². The van der Waals surface area contributed by atoms with Crippen molar-refractivity contribution in [1.29, 1.82) is 0 Å². The number of rotatable bonds is 4. The van der Waals surface area contributed by atoms with Gasteiger partial charge in [-0.15, -0.1) is 0 Å². The summed E-state index contributed by atoms with van der Waals surface area (Å²) in [6, 6.07) is 14.5. The molecule has 4 nitrogen and oxygen atoms in total. The molecular formula is C17H17N3O. The summed E-state index contributed by atoms with van der Waals surface area (Å²) in [6.07, 6.45) is 1.02. The molecule has 0 fully saturated rings. The zero-order chi connectivity index (χ0) is 14.1. The summed E-state index contributed by atoms with van der Waals surface area (Å²) in [5.74, 6) is 2.01. The quantitative estimate of drug-likeness (QED) is 0.772. The molecule has 0 unspecified atom stereocenters. The van der Waals surface area contributed by atoms with Crippen molar-refractivity contribution in [2.45, 2.75) is 19.5 Å². The smallest absolute Gasteiger partial charge is 0.122 e. The number of ether oxygens (including phenoxy) is 1. The second-order valence-corrected chi connectivity index (χ2v) is 5.34. The van der Waals surface area contributed by atoms with Gasteiger partial charge in [-0.1, -0.05) is 24.3 Å². The van der Waals surface area contributed by atoms with Crippen LogP contribution in [-0.2, 0) is 19.5 Å². The zero-order valence-corrected chi connectivity index (χ0v) is 11.7. The van der Waals surface area contributed by atoms with Crippen molar-refractivity contribution >= 4 is 11.0 Å². The van der Waals surface area contributed by atoms with Gasteiger partial charge in [-0.2, -0.15) is 0 Å². The van der Waals surface area contributed by atoms with E-state index in [4.69, 9.17) is 4.74 Å². The maximum Gasteiger partial charge on any atom is 0.122 e. The van der Waals surface area contributed by atoms with Gasteiger partial charge >= 0.3 is 0 Å². The Labute approximate surface area is 123 Å². The summed E-state index contributed by atoms with van der Waals surface area (Å²) in [5, 5.41) is 3.44. The summed E-state index contributed by atoms with van der Waals surface area (Å²) < 4.78 is 5.53. The molecule has 1 aliphatic heterocycles. The largest absolute Gasteiger partial charge is 0.493 e. The van der Waals surface area contributed by atoms with Crippen molar-refractivity contribution in [1.82, 2.24) is 15.3 Å². The van der Waals surface area contributed by atoms with Crippen molar-refractivity contribution in [2.75, 3.05) is 6.61 Å². The molecule has 0 spiro atoms. The van der Waals surface area contributed by atoms with E-state index < -0.39 is 0 Å². The average molecular weight is 279 g/mol. The number of H-pyrrole nitrogens is 1. The lowest BCUT2D eigenvalue weighted by atomic mass is 10.1. The van der Waals surface area contributed by atoms with Crippen molar-refractivity contribution in [3.8, 4) is 5.75 Å². The highest BCUT2D eigenvalue weighted by atomic mass is 16.5. The summed E-state index contributed by atoms with van der Waals surface area (Å²) in [6.45, 7) is 2.39. The van der Waals surface area contributed by atoms with Gasteiger partial charge < -0.3 is 15.0 Å². The summed E-state index contributed by atoms with van der Waals surface area (Å²) >= 11 is 0. The third-order valence-corrected chi connectivity index (χ3v) is 3.81. The second-order valence-electron chi connectivity index (χ2n) is 5.34. The number of hydrogen-bond donors (Lipinski definition) is 2. The second kappa shape index (κ2) is 5.22. The monoisotopic (exact) mass is 279 g/mol. The van der Waals surface area contributed by atoms with E-state index in [1.807, 2.05) is 24.3 Å². The van der Waals surface area contributed by atoms with Crippen LogP contribution in [-0.4, -0.2) is 16.6 Å². The maximum absolute atomic E-state index is 5.53. The van der Waals surface area contributed by atoms with E-state index in [1.54, 1.807) is 0 Å². The van der Waals surface area contributed by atoms with Gasteiger partial charge in [0.1, 0.15) is 11.6 Å². The van der Waals surface area contributed by atoms with Crippen molar-refractivity contribution in [2.24, 2.45) is 0 Å². The summed E-state index contributed by atoms with van der Waals surface area (Å²) in [4.78, 5) is 7.89. The van der Waals surface area contributed by atoms with Gasteiger partial charge in [0.05, 0.1) is 24.2 Å². The topological polar surface area (TPSA) is 49.9 Å². The molecule has 0 saturated heterocycles. The number of fused-ring (bicyclic) bond motifs is 2. The molecule has 1 aromatic heterocycles. The van der Waals surface area contributed by atoms with Crippen LogP contribution in [0.4, 0.5) is 0 Å². The van der Waals surface area contributed by atoms with Gasteiger partial charge in [0, 0.05) is 13.0 Å². The molecule has 0 radical (unpaired) electrons. The van der Waals surface area contributed by atoms with Crippen LogP contribution in [0.2, 0.25) is 0 Å². The number of benzene rings is 2. The summed E-state index contributed by atoms with van der Waals surface area (Å²) in [7, 11) is 0. The van der Waals surface area contributed by atoms with Crippen molar-refractivity contribution in [3.05, 3.63) is 59.4 Å². The van der Waals surface area contributed by atoms with E-state index in [0.29, 0.717) is 0 Å². The lowest BCUT2D eigenvalue weighted by Crippen LogP contribution is -2.13. The molecule has 21 heavy (non-hydrogen) atoms. The lowest BCUT2D eigenvalue weighted by molar-refractivity contribution is 0.357. The Morgan fingerprint density at radius 3 is 3.05 bits per heavy atom. The van der Waals surface area contributed by atoms with Gasteiger partial charge in [0.2, 0.25) is 0 Å². The number of para-hydroxylation sites is 2. The van der Waals surface area contributed by atoms with E-state index in [9.17, 15) is 0 Å². The highest BCUT2D eigenvalue weighted by molar-refractivity contribution is 5.74. The number of nitrogens with zero attached hydrogens (tertiary/aromatic N) is 1. The zero-order valence-electron chi connectivity index (χ0n) is 11.7. The maximum atomic E-state index is 5.53. The summed E-state index contributed by atoms with van der Waals surface area (Å²) in [5.41, 5.74) is 4.71. The highest BCUT2D eigenvalue weighted by Gasteiger charge is 2.11. The first-order chi connectivity index (χ1) is 10.4. The Hall–Kier alpha value is -2.33. The van der Waals surface area contributed by atoms with Crippen molar-refractivity contribution in [3.63, 3.8) is 0 Å². The van der Waals surface area contributed by atoms with E-state index in [-0.39, 0.29) is 0 Å². The highest BCUT2D eigenvalue weighted by Crippen LogP contribution is 2.25. The van der Waals surface area contributed by atoms with Crippen LogP contribution in [0, 0.1) is 0 Å². The van der Waals surface area contributed by atoms with Gasteiger partial charge in [-0.05, 0) is 29.3 Å². The Balaban J connectivity index is 1.41. The van der Waals surface area contributed by atoms with E-state index in [0.717, 1.165) is 48.7 Å². The fraction of sp³-hybridized carbons (Fsp3) is 0.235. The molecule has 2 heterocycles. The molecule has 2 aromatic carbocycles. The first kappa shape index (κ1) is 12.4. The first-order valence-electron chi connectivity index (χ1n) is 7.27. The molecule has 106 valence electrons. The molecule has 0 aliphatic carbocycles. The predicted octanol–water partition coefficient (Wildman–Crippen LogP) is 2.79.